The molecule has 1 aliphatic heterocycles. The van der Waals surface area contributed by atoms with Gasteiger partial charge in [0, 0.05) is 12.1 Å². The van der Waals surface area contributed by atoms with Gasteiger partial charge in [0.05, 0.1) is 31.0 Å². The number of esters is 1. The third kappa shape index (κ3) is 4.95. The van der Waals surface area contributed by atoms with Crippen LogP contribution in [-0.2, 0) is 19.6 Å². The Morgan fingerprint density at radius 2 is 1.90 bits per heavy atom. The number of rotatable bonds is 6. The SMILES string of the molecule is COC(=O)C[C@@H](NC(=O)c1cccc(N2CCCS2(=O)=O)c1)c1ccc(C)cc1. The Labute approximate surface area is 170 Å². The highest BCUT2D eigenvalue weighted by molar-refractivity contribution is 7.93. The minimum atomic E-state index is -3.33. The quantitative estimate of drug-likeness (QED) is 0.731. The molecular formula is C21H24N2O5S. The van der Waals surface area contributed by atoms with Crippen LogP contribution in [0.1, 0.15) is 40.4 Å². The van der Waals surface area contributed by atoms with E-state index in [1.807, 2.05) is 31.2 Å². The molecule has 0 bridgehead atoms. The summed E-state index contributed by atoms with van der Waals surface area (Å²) < 4.78 is 30.4. The lowest BCUT2D eigenvalue weighted by atomic mass is 10.0. The van der Waals surface area contributed by atoms with Gasteiger partial charge < -0.3 is 10.1 Å². The van der Waals surface area contributed by atoms with Gasteiger partial charge in [0.15, 0.2) is 0 Å². The molecule has 1 amide bonds. The number of benzene rings is 2. The fourth-order valence-corrected chi connectivity index (χ4v) is 4.83. The molecule has 1 saturated heterocycles. The number of aryl methyl sites for hydroxylation is 1. The predicted molar refractivity (Wildman–Crippen MR) is 110 cm³/mol. The molecule has 0 unspecified atom stereocenters. The van der Waals surface area contributed by atoms with E-state index in [2.05, 4.69) is 5.32 Å². The summed E-state index contributed by atoms with van der Waals surface area (Å²) in [6.07, 6.45) is 0.554. The molecule has 3 rings (SSSR count). The smallest absolute Gasteiger partial charge is 0.307 e. The summed E-state index contributed by atoms with van der Waals surface area (Å²) in [5.74, 6) is -0.719. The highest BCUT2D eigenvalue weighted by Gasteiger charge is 2.29. The molecule has 1 aliphatic rings. The van der Waals surface area contributed by atoms with Gasteiger partial charge in [-0.3, -0.25) is 13.9 Å². The van der Waals surface area contributed by atoms with E-state index in [4.69, 9.17) is 4.74 Å². The predicted octanol–water partition coefficient (Wildman–Crippen LogP) is 2.57. The molecule has 0 saturated carbocycles. The van der Waals surface area contributed by atoms with Gasteiger partial charge >= 0.3 is 5.97 Å². The van der Waals surface area contributed by atoms with Crippen molar-refractivity contribution in [2.75, 3.05) is 23.7 Å². The number of nitrogens with one attached hydrogen (secondary N) is 1. The minimum absolute atomic E-state index is 0.00844. The van der Waals surface area contributed by atoms with E-state index in [1.54, 1.807) is 24.3 Å². The fraction of sp³-hybridized carbons (Fsp3) is 0.333. The van der Waals surface area contributed by atoms with Crippen molar-refractivity contribution in [2.24, 2.45) is 0 Å². The summed E-state index contributed by atoms with van der Waals surface area (Å²) in [5.41, 5.74) is 2.64. The van der Waals surface area contributed by atoms with E-state index >= 15 is 0 Å². The average molecular weight is 416 g/mol. The van der Waals surface area contributed by atoms with Crippen molar-refractivity contribution < 1.29 is 22.7 Å². The maximum absolute atomic E-state index is 12.9. The molecule has 0 spiro atoms. The van der Waals surface area contributed by atoms with E-state index < -0.39 is 27.9 Å². The highest BCUT2D eigenvalue weighted by atomic mass is 32.2. The molecule has 1 heterocycles. The van der Waals surface area contributed by atoms with Crippen LogP contribution in [0.25, 0.3) is 0 Å². The molecule has 29 heavy (non-hydrogen) atoms. The largest absolute Gasteiger partial charge is 0.469 e. The molecule has 0 radical (unpaired) electrons. The number of nitrogens with zero attached hydrogens (tertiary/aromatic N) is 1. The molecule has 2 aromatic rings. The van der Waals surface area contributed by atoms with E-state index in [-0.39, 0.29) is 12.2 Å². The number of amides is 1. The van der Waals surface area contributed by atoms with Gasteiger partial charge in [0.25, 0.3) is 5.91 Å². The Kier molecular flexibility index (Phi) is 6.22. The first kappa shape index (κ1) is 20.9. The van der Waals surface area contributed by atoms with Crippen LogP contribution in [0.5, 0.6) is 0 Å². The van der Waals surface area contributed by atoms with Crippen LogP contribution in [-0.4, -0.2) is 39.7 Å². The van der Waals surface area contributed by atoms with Gasteiger partial charge in [0.1, 0.15) is 0 Å². The molecule has 2 aromatic carbocycles. The van der Waals surface area contributed by atoms with E-state index in [0.29, 0.717) is 24.2 Å². The zero-order valence-corrected chi connectivity index (χ0v) is 17.2. The Hall–Kier alpha value is -2.87. The Balaban J connectivity index is 1.83. The van der Waals surface area contributed by atoms with Crippen molar-refractivity contribution in [3.63, 3.8) is 0 Å². The molecule has 154 valence electrons. The standard InChI is InChI=1S/C21H24N2O5S/c1-15-7-9-16(10-8-15)19(14-20(24)28-2)22-21(25)17-5-3-6-18(13-17)23-11-4-12-29(23,26)27/h3,5-10,13,19H,4,11-12,14H2,1-2H3,(H,22,25)/t19-/m1/s1. The van der Waals surface area contributed by atoms with Crippen molar-refractivity contribution in [3.05, 3.63) is 65.2 Å². The van der Waals surface area contributed by atoms with Gasteiger partial charge in [-0.1, -0.05) is 35.9 Å². The number of hydrogen-bond acceptors (Lipinski definition) is 5. The van der Waals surface area contributed by atoms with Crippen LogP contribution in [0.2, 0.25) is 0 Å². The second-order valence-electron chi connectivity index (χ2n) is 7.01. The maximum Gasteiger partial charge on any atom is 0.307 e. The van der Waals surface area contributed by atoms with Crippen LogP contribution in [0, 0.1) is 6.92 Å². The minimum Gasteiger partial charge on any atom is -0.469 e. The monoisotopic (exact) mass is 416 g/mol. The topological polar surface area (TPSA) is 92.8 Å². The van der Waals surface area contributed by atoms with E-state index in [9.17, 15) is 18.0 Å². The summed E-state index contributed by atoms with van der Waals surface area (Å²) in [4.78, 5) is 24.7. The number of anilines is 1. The summed E-state index contributed by atoms with van der Waals surface area (Å²) in [6.45, 7) is 2.36. The summed E-state index contributed by atoms with van der Waals surface area (Å²) >= 11 is 0. The second kappa shape index (κ2) is 8.65. The third-order valence-corrected chi connectivity index (χ3v) is 6.75. The molecule has 8 heteroatoms. The molecular weight excluding hydrogens is 392 g/mol. The van der Waals surface area contributed by atoms with Crippen molar-refractivity contribution in [1.82, 2.24) is 5.32 Å². The van der Waals surface area contributed by atoms with Crippen LogP contribution in [0.3, 0.4) is 0 Å². The van der Waals surface area contributed by atoms with Gasteiger partial charge in [0.2, 0.25) is 10.0 Å². The first-order valence-electron chi connectivity index (χ1n) is 9.35. The molecule has 1 fully saturated rings. The lowest BCUT2D eigenvalue weighted by Crippen LogP contribution is -2.31. The Morgan fingerprint density at radius 1 is 1.17 bits per heavy atom. The van der Waals surface area contributed by atoms with Crippen molar-refractivity contribution >= 4 is 27.6 Å². The highest BCUT2D eigenvalue weighted by Crippen LogP contribution is 2.25. The first-order valence-corrected chi connectivity index (χ1v) is 11.0. The first-order chi connectivity index (χ1) is 13.8. The summed E-state index contributed by atoms with van der Waals surface area (Å²) in [6, 6.07) is 13.5. The summed E-state index contributed by atoms with van der Waals surface area (Å²) in [7, 11) is -2.03. The third-order valence-electron chi connectivity index (χ3n) is 4.88. The van der Waals surface area contributed by atoms with Crippen molar-refractivity contribution in [2.45, 2.75) is 25.8 Å². The Morgan fingerprint density at radius 3 is 2.52 bits per heavy atom. The fourth-order valence-electron chi connectivity index (χ4n) is 3.27. The number of methoxy groups -OCH3 is 1. The van der Waals surface area contributed by atoms with Gasteiger partial charge in [-0.15, -0.1) is 0 Å². The Bertz CT molecular complexity index is 1000. The number of carbonyl (C=O) groups excluding carboxylic acids is 2. The average Bonchev–Trinajstić information content (AvgIpc) is 3.07. The van der Waals surface area contributed by atoms with E-state index in [1.165, 1.54) is 11.4 Å². The maximum atomic E-state index is 12.9. The lowest BCUT2D eigenvalue weighted by Gasteiger charge is -2.20. The van der Waals surface area contributed by atoms with E-state index in [0.717, 1.165) is 11.1 Å². The molecule has 1 atom stereocenters. The second-order valence-corrected chi connectivity index (χ2v) is 9.02. The lowest BCUT2D eigenvalue weighted by molar-refractivity contribution is -0.141. The normalized spacial score (nSPS) is 16.3. The van der Waals surface area contributed by atoms with Crippen LogP contribution in [0.15, 0.2) is 48.5 Å². The zero-order chi connectivity index (χ0) is 21.0. The molecule has 0 aromatic heterocycles. The molecule has 0 aliphatic carbocycles. The van der Waals surface area contributed by atoms with Gasteiger partial charge in [-0.2, -0.15) is 0 Å². The van der Waals surface area contributed by atoms with Gasteiger partial charge in [-0.25, -0.2) is 8.42 Å². The number of sulfonamides is 1. The van der Waals surface area contributed by atoms with Crippen LogP contribution in [0.4, 0.5) is 5.69 Å². The zero-order valence-electron chi connectivity index (χ0n) is 16.4. The summed E-state index contributed by atoms with van der Waals surface area (Å²) in [5, 5.41) is 2.87. The number of hydrogen-bond donors (Lipinski definition) is 1. The van der Waals surface area contributed by atoms with Crippen LogP contribution < -0.4 is 9.62 Å². The molecule has 1 N–H and O–H groups in total. The van der Waals surface area contributed by atoms with Crippen molar-refractivity contribution in [1.29, 1.82) is 0 Å². The van der Waals surface area contributed by atoms with Crippen LogP contribution >= 0.6 is 0 Å². The molecule has 7 nitrogen and oxygen atoms in total. The number of ether oxygens (including phenoxy) is 1. The van der Waals surface area contributed by atoms with Gasteiger partial charge in [-0.05, 0) is 37.1 Å². The van der Waals surface area contributed by atoms with Crippen molar-refractivity contribution in [3.8, 4) is 0 Å². The number of carbonyl (C=O) groups is 2.